The van der Waals surface area contributed by atoms with Gasteiger partial charge in [-0.05, 0) is 88.7 Å². The quantitative estimate of drug-likeness (QED) is 0.528. The summed E-state index contributed by atoms with van der Waals surface area (Å²) in [7, 11) is 0. The van der Waals surface area contributed by atoms with Crippen LogP contribution in [0.15, 0.2) is 0 Å². The molecule has 0 fully saturated rings. The van der Waals surface area contributed by atoms with Crippen molar-refractivity contribution < 1.29 is 0 Å². The minimum absolute atomic E-state index is 0.626. The fourth-order valence-corrected chi connectivity index (χ4v) is 3.55. The second-order valence-electron chi connectivity index (χ2n) is 8.33. The largest absolute Gasteiger partial charge is 0.300 e. The Balaban J connectivity index is 4.42. The van der Waals surface area contributed by atoms with Crippen molar-refractivity contribution in [2.75, 3.05) is 26.2 Å². The molecule has 0 aliphatic carbocycles. The van der Waals surface area contributed by atoms with Crippen LogP contribution in [0, 0.1) is 0 Å². The van der Waals surface area contributed by atoms with E-state index in [4.69, 9.17) is 0 Å². The zero-order valence-electron chi connectivity index (χ0n) is 17.8. The average molecular weight is 328 g/mol. The molecule has 0 saturated heterocycles. The van der Waals surface area contributed by atoms with Crippen molar-refractivity contribution in [3.05, 3.63) is 0 Å². The van der Waals surface area contributed by atoms with Crippen molar-refractivity contribution in [3.8, 4) is 0 Å². The summed E-state index contributed by atoms with van der Waals surface area (Å²) in [6.45, 7) is 27.9. The predicted molar refractivity (Wildman–Crippen MR) is 105 cm³/mol. The van der Waals surface area contributed by atoms with E-state index in [-0.39, 0.29) is 0 Å². The van der Waals surface area contributed by atoms with Gasteiger partial charge in [0.05, 0.1) is 0 Å². The maximum absolute atomic E-state index is 2.65. The van der Waals surface area contributed by atoms with Crippen molar-refractivity contribution in [2.45, 2.75) is 106 Å². The van der Waals surface area contributed by atoms with E-state index >= 15 is 0 Å². The van der Waals surface area contributed by atoms with Gasteiger partial charge in [-0.25, -0.2) is 0 Å². The first-order valence-electron chi connectivity index (χ1n) is 9.83. The molecule has 0 aliphatic heterocycles. The van der Waals surface area contributed by atoms with Crippen LogP contribution in [-0.4, -0.2) is 71.1 Å². The van der Waals surface area contributed by atoms with Crippen LogP contribution in [0.5, 0.6) is 0 Å². The second-order valence-corrected chi connectivity index (χ2v) is 8.33. The molecule has 0 aromatic rings. The summed E-state index contributed by atoms with van der Waals surface area (Å²) in [6.07, 6.45) is 1.26. The van der Waals surface area contributed by atoms with E-state index in [9.17, 15) is 0 Å². The first-order chi connectivity index (χ1) is 10.6. The van der Waals surface area contributed by atoms with E-state index in [0.29, 0.717) is 30.2 Å². The summed E-state index contributed by atoms with van der Waals surface area (Å²) >= 11 is 0. The van der Waals surface area contributed by atoms with Gasteiger partial charge in [-0.3, -0.25) is 14.7 Å². The van der Waals surface area contributed by atoms with Gasteiger partial charge in [0, 0.05) is 43.3 Å². The van der Waals surface area contributed by atoms with Crippen LogP contribution in [0.25, 0.3) is 0 Å². The SMILES string of the molecule is CC(C)N(CCCN(C(C)C)C(C)C)CCN(C(C)C)C(C)C. The molecule has 0 spiro atoms. The Bertz CT molecular complexity index is 269. The normalized spacial score (nSPS) is 13.3. The van der Waals surface area contributed by atoms with Crippen LogP contribution in [-0.2, 0) is 0 Å². The van der Waals surface area contributed by atoms with E-state index in [1.165, 1.54) is 32.6 Å². The molecule has 0 amide bonds. The molecule has 0 aliphatic rings. The lowest BCUT2D eigenvalue weighted by molar-refractivity contribution is 0.118. The van der Waals surface area contributed by atoms with E-state index in [0.717, 1.165) is 0 Å². The standard InChI is InChI=1S/C20H45N3/c1-16(2)21(14-15-23(19(7)8)20(9)10)12-11-13-22(17(3)4)18(5)6/h16-20H,11-15H2,1-10H3. The third-order valence-corrected chi connectivity index (χ3v) is 4.89. The predicted octanol–water partition coefficient (Wildman–Crippen LogP) is 4.32. The first-order valence-corrected chi connectivity index (χ1v) is 9.83. The summed E-state index contributed by atoms with van der Waals surface area (Å²) in [4.78, 5) is 7.85. The van der Waals surface area contributed by atoms with E-state index in [1.54, 1.807) is 0 Å². The van der Waals surface area contributed by atoms with Gasteiger partial charge in [0.15, 0.2) is 0 Å². The highest BCUT2D eigenvalue weighted by molar-refractivity contribution is 4.73. The summed E-state index contributed by atoms with van der Waals surface area (Å²) in [5.41, 5.74) is 0. The molecule has 140 valence electrons. The first kappa shape index (κ1) is 22.9. The highest BCUT2D eigenvalue weighted by Gasteiger charge is 2.17. The third-order valence-electron chi connectivity index (χ3n) is 4.89. The molecular formula is C20H45N3. The topological polar surface area (TPSA) is 9.72 Å². The highest BCUT2D eigenvalue weighted by Crippen LogP contribution is 2.09. The Labute approximate surface area is 147 Å². The van der Waals surface area contributed by atoms with E-state index in [2.05, 4.69) is 83.9 Å². The lowest BCUT2D eigenvalue weighted by Crippen LogP contribution is -2.45. The lowest BCUT2D eigenvalue weighted by Gasteiger charge is -2.35. The molecule has 3 heteroatoms. The Kier molecular flexibility index (Phi) is 11.4. The van der Waals surface area contributed by atoms with Gasteiger partial charge in [-0.1, -0.05) is 0 Å². The molecule has 3 nitrogen and oxygen atoms in total. The van der Waals surface area contributed by atoms with Crippen LogP contribution in [0.4, 0.5) is 0 Å². The maximum Gasteiger partial charge on any atom is 0.0115 e. The van der Waals surface area contributed by atoms with Crippen LogP contribution >= 0.6 is 0 Å². The summed E-state index contributed by atoms with van der Waals surface area (Å²) < 4.78 is 0. The molecule has 0 radical (unpaired) electrons. The maximum atomic E-state index is 2.65. The molecular weight excluding hydrogens is 282 g/mol. The zero-order valence-corrected chi connectivity index (χ0v) is 17.8. The molecule has 0 N–H and O–H groups in total. The zero-order chi connectivity index (χ0) is 18.2. The smallest absolute Gasteiger partial charge is 0.0115 e. The van der Waals surface area contributed by atoms with Crippen molar-refractivity contribution in [1.82, 2.24) is 14.7 Å². The van der Waals surface area contributed by atoms with Crippen LogP contribution < -0.4 is 0 Å². The summed E-state index contributed by atoms with van der Waals surface area (Å²) in [6, 6.07) is 3.16. The van der Waals surface area contributed by atoms with Gasteiger partial charge in [0.25, 0.3) is 0 Å². The van der Waals surface area contributed by atoms with Crippen molar-refractivity contribution in [3.63, 3.8) is 0 Å². The monoisotopic (exact) mass is 327 g/mol. The molecule has 0 aromatic carbocycles. The molecule has 0 bridgehead atoms. The minimum atomic E-state index is 0.626. The Hall–Kier alpha value is -0.120. The Morgan fingerprint density at radius 3 is 1.17 bits per heavy atom. The number of hydrogen-bond acceptors (Lipinski definition) is 3. The van der Waals surface area contributed by atoms with Gasteiger partial charge in [-0.15, -0.1) is 0 Å². The van der Waals surface area contributed by atoms with Crippen molar-refractivity contribution >= 4 is 0 Å². The number of hydrogen-bond donors (Lipinski definition) is 0. The van der Waals surface area contributed by atoms with Crippen molar-refractivity contribution in [1.29, 1.82) is 0 Å². The molecule has 0 aromatic heterocycles. The van der Waals surface area contributed by atoms with Gasteiger partial charge in [-0.2, -0.15) is 0 Å². The average Bonchev–Trinajstić information content (AvgIpc) is 2.39. The van der Waals surface area contributed by atoms with E-state index < -0.39 is 0 Å². The van der Waals surface area contributed by atoms with Crippen LogP contribution in [0.2, 0.25) is 0 Å². The summed E-state index contributed by atoms with van der Waals surface area (Å²) in [5.74, 6) is 0. The van der Waals surface area contributed by atoms with E-state index in [1.807, 2.05) is 0 Å². The van der Waals surface area contributed by atoms with Gasteiger partial charge >= 0.3 is 0 Å². The number of nitrogens with zero attached hydrogens (tertiary/aromatic N) is 3. The highest BCUT2D eigenvalue weighted by atomic mass is 15.2. The Morgan fingerprint density at radius 1 is 0.435 bits per heavy atom. The fourth-order valence-electron chi connectivity index (χ4n) is 3.55. The van der Waals surface area contributed by atoms with Crippen LogP contribution in [0.1, 0.15) is 75.7 Å². The van der Waals surface area contributed by atoms with Crippen molar-refractivity contribution in [2.24, 2.45) is 0 Å². The summed E-state index contributed by atoms with van der Waals surface area (Å²) in [5, 5.41) is 0. The van der Waals surface area contributed by atoms with Gasteiger partial charge < -0.3 is 0 Å². The second kappa shape index (κ2) is 11.4. The Morgan fingerprint density at radius 2 is 0.826 bits per heavy atom. The van der Waals surface area contributed by atoms with Gasteiger partial charge in [0.2, 0.25) is 0 Å². The molecule has 0 heterocycles. The molecule has 0 saturated carbocycles. The molecule has 0 rings (SSSR count). The minimum Gasteiger partial charge on any atom is -0.300 e. The molecule has 0 atom stereocenters. The molecule has 0 unspecified atom stereocenters. The van der Waals surface area contributed by atoms with Gasteiger partial charge in [0.1, 0.15) is 0 Å². The van der Waals surface area contributed by atoms with Crippen LogP contribution in [0.3, 0.4) is 0 Å². The third kappa shape index (κ3) is 9.07. The molecule has 23 heavy (non-hydrogen) atoms. The fraction of sp³-hybridized carbons (Fsp3) is 1.00. The number of rotatable bonds is 12. The lowest BCUT2D eigenvalue weighted by atomic mass is 10.2.